The van der Waals surface area contributed by atoms with Crippen LogP contribution in [0.5, 0.6) is 0 Å². The number of benzene rings is 2. The fraction of sp³-hybridized carbons (Fsp3) is 0.200. The summed E-state index contributed by atoms with van der Waals surface area (Å²) in [6.07, 6.45) is 0. The van der Waals surface area contributed by atoms with Crippen molar-refractivity contribution in [3.63, 3.8) is 0 Å². The Kier molecular flexibility index (Phi) is 3.87. The molecule has 0 heterocycles. The number of hydrogen-bond acceptors (Lipinski definition) is 1. The van der Waals surface area contributed by atoms with Crippen LogP contribution in [0.15, 0.2) is 42.5 Å². The van der Waals surface area contributed by atoms with E-state index in [1.807, 2.05) is 44.2 Å². The minimum Gasteiger partial charge on any atom is -0.376 e. The van der Waals surface area contributed by atoms with E-state index in [4.69, 9.17) is 11.6 Å². The normalized spacial score (nSPS) is 12.2. The van der Waals surface area contributed by atoms with Crippen molar-refractivity contribution in [2.24, 2.45) is 0 Å². The molecule has 18 heavy (non-hydrogen) atoms. The van der Waals surface area contributed by atoms with Crippen LogP contribution in [0.3, 0.4) is 0 Å². The van der Waals surface area contributed by atoms with Gasteiger partial charge in [0.25, 0.3) is 0 Å². The van der Waals surface area contributed by atoms with Crippen LogP contribution in [0.25, 0.3) is 0 Å². The molecule has 0 bridgehead atoms. The number of halogens is 2. The third-order valence-electron chi connectivity index (χ3n) is 2.86. The van der Waals surface area contributed by atoms with E-state index in [9.17, 15) is 4.39 Å². The number of anilines is 1. The second-order valence-electron chi connectivity index (χ2n) is 4.40. The fourth-order valence-electron chi connectivity index (χ4n) is 1.82. The zero-order chi connectivity index (χ0) is 13.1. The van der Waals surface area contributed by atoms with E-state index in [0.29, 0.717) is 10.7 Å². The molecule has 0 aromatic heterocycles. The molecule has 2 aromatic carbocycles. The van der Waals surface area contributed by atoms with E-state index in [2.05, 4.69) is 5.32 Å². The summed E-state index contributed by atoms with van der Waals surface area (Å²) in [5.41, 5.74) is 2.62. The van der Waals surface area contributed by atoms with Gasteiger partial charge in [0.15, 0.2) is 0 Å². The van der Waals surface area contributed by atoms with Crippen molar-refractivity contribution in [1.82, 2.24) is 0 Å². The average molecular weight is 264 g/mol. The van der Waals surface area contributed by atoms with Gasteiger partial charge in [0.2, 0.25) is 0 Å². The zero-order valence-electron chi connectivity index (χ0n) is 10.4. The lowest BCUT2D eigenvalue weighted by Crippen LogP contribution is -2.08. The van der Waals surface area contributed by atoms with Crippen LogP contribution in [-0.4, -0.2) is 0 Å². The number of hydrogen-bond donors (Lipinski definition) is 1. The molecule has 0 amide bonds. The highest BCUT2D eigenvalue weighted by molar-refractivity contribution is 6.30. The first-order valence-electron chi connectivity index (χ1n) is 5.84. The summed E-state index contributed by atoms with van der Waals surface area (Å²) >= 11 is 5.84. The summed E-state index contributed by atoms with van der Waals surface area (Å²) in [5, 5.41) is 3.87. The molecule has 0 aliphatic heterocycles. The van der Waals surface area contributed by atoms with Gasteiger partial charge in [-0.1, -0.05) is 29.8 Å². The Morgan fingerprint density at radius 3 is 2.44 bits per heavy atom. The summed E-state index contributed by atoms with van der Waals surface area (Å²) in [5.74, 6) is -0.235. The molecule has 1 unspecified atom stereocenters. The molecule has 1 atom stereocenters. The van der Waals surface area contributed by atoms with Gasteiger partial charge in [-0.15, -0.1) is 0 Å². The highest BCUT2D eigenvalue weighted by atomic mass is 35.5. The minimum atomic E-state index is -0.235. The SMILES string of the molecule is Cc1ccc(F)c(NC(C)c2ccc(Cl)cc2)c1. The lowest BCUT2D eigenvalue weighted by Gasteiger charge is -2.16. The molecular formula is C15H15ClFN. The van der Waals surface area contributed by atoms with Crippen molar-refractivity contribution in [2.45, 2.75) is 19.9 Å². The largest absolute Gasteiger partial charge is 0.376 e. The average Bonchev–Trinajstić information content (AvgIpc) is 2.34. The van der Waals surface area contributed by atoms with Gasteiger partial charge < -0.3 is 5.32 Å². The smallest absolute Gasteiger partial charge is 0.146 e. The molecule has 0 aliphatic carbocycles. The Labute approximate surface area is 112 Å². The first-order valence-corrected chi connectivity index (χ1v) is 6.22. The molecule has 0 aliphatic rings. The molecule has 0 fully saturated rings. The molecule has 2 aromatic rings. The second kappa shape index (κ2) is 5.40. The third-order valence-corrected chi connectivity index (χ3v) is 3.12. The van der Waals surface area contributed by atoms with E-state index < -0.39 is 0 Å². The predicted octanol–water partition coefficient (Wildman–Crippen LogP) is 4.96. The molecule has 0 spiro atoms. The summed E-state index contributed by atoms with van der Waals surface area (Å²) in [6.45, 7) is 3.93. The van der Waals surface area contributed by atoms with Gasteiger partial charge in [-0.3, -0.25) is 0 Å². The van der Waals surface area contributed by atoms with Crippen LogP contribution in [0.2, 0.25) is 5.02 Å². The van der Waals surface area contributed by atoms with Crippen molar-refractivity contribution in [2.75, 3.05) is 5.32 Å². The Bertz CT molecular complexity index is 537. The van der Waals surface area contributed by atoms with Crippen LogP contribution in [-0.2, 0) is 0 Å². The van der Waals surface area contributed by atoms with E-state index >= 15 is 0 Å². The molecule has 0 saturated heterocycles. The Hall–Kier alpha value is -1.54. The van der Waals surface area contributed by atoms with E-state index in [1.165, 1.54) is 6.07 Å². The Balaban J connectivity index is 2.18. The summed E-state index contributed by atoms with van der Waals surface area (Å²) < 4.78 is 13.6. The van der Waals surface area contributed by atoms with Gasteiger partial charge in [-0.25, -0.2) is 4.39 Å². The van der Waals surface area contributed by atoms with Gasteiger partial charge in [0.05, 0.1) is 5.69 Å². The summed E-state index contributed by atoms with van der Waals surface area (Å²) in [6, 6.07) is 12.6. The van der Waals surface area contributed by atoms with E-state index in [-0.39, 0.29) is 11.9 Å². The maximum atomic E-state index is 13.6. The maximum absolute atomic E-state index is 13.6. The quantitative estimate of drug-likeness (QED) is 0.825. The second-order valence-corrected chi connectivity index (χ2v) is 4.84. The van der Waals surface area contributed by atoms with Gasteiger partial charge >= 0.3 is 0 Å². The van der Waals surface area contributed by atoms with Crippen LogP contribution < -0.4 is 5.32 Å². The maximum Gasteiger partial charge on any atom is 0.146 e. The molecule has 1 N–H and O–H groups in total. The number of aryl methyl sites for hydroxylation is 1. The molecule has 94 valence electrons. The Morgan fingerprint density at radius 1 is 1.11 bits per heavy atom. The molecule has 1 nitrogen and oxygen atoms in total. The van der Waals surface area contributed by atoms with Crippen molar-refractivity contribution in [3.05, 3.63) is 64.4 Å². The van der Waals surface area contributed by atoms with Gasteiger partial charge in [-0.05, 0) is 49.2 Å². The van der Waals surface area contributed by atoms with Gasteiger partial charge in [-0.2, -0.15) is 0 Å². The monoisotopic (exact) mass is 263 g/mol. The molecular weight excluding hydrogens is 249 g/mol. The first kappa shape index (κ1) is 12.9. The molecule has 2 rings (SSSR count). The zero-order valence-corrected chi connectivity index (χ0v) is 11.1. The van der Waals surface area contributed by atoms with E-state index in [1.54, 1.807) is 6.07 Å². The highest BCUT2D eigenvalue weighted by Gasteiger charge is 2.08. The number of nitrogens with one attached hydrogen (secondary N) is 1. The number of rotatable bonds is 3. The lowest BCUT2D eigenvalue weighted by molar-refractivity contribution is 0.627. The molecule has 0 radical (unpaired) electrons. The van der Waals surface area contributed by atoms with Crippen molar-refractivity contribution in [3.8, 4) is 0 Å². The van der Waals surface area contributed by atoms with Crippen molar-refractivity contribution in [1.29, 1.82) is 0 Å². The first-order chi connectivity index (χ1) is 8.56. The molecule has 0 saturated carbocycles. The minimum absolute atomic E-state index is 0.0265. The van der Waals surface area contributed by atoms with Crippen molar-refractivity contribution >= 4 is 17.3 Å². The predicted molar refractivity (Wildman–Crippen MR) is 74.6 cm³/mol. The third kappa shape index (κ3) is 3.02. The highest BCUT2D eigenvalue weighted by Crippen LogP contribution is 2.23. The van der Waals surface area contributed by atoms with Gasteiger partial charge in [0, 0.05) is 11.1 Å². The summed E-state index contributed by atoms with van der Waals surface area (Å²) in [7, 11) is 0. The van der Waals surface area contributed by atoms with Gasteiger partial charge in [0.1, 0.15) is 5.82 Å². The van der Waals surface area contributed by atoms with Crippen LogP contribution in [0.4, 0.5) is 10.1 Å². The van der Waals surface area contributed by atoms with Crippen LogP contribution in [0, 0.1) is 12.7 Å². The van der Waals surface area contributed by atoms with Crippen molar-refractivity contribution < 1.29 is 4.39 Å². The topological polar surface area (TPSA) is 12.0 Å². The summed E-state index contributed by atoms with van der Waals surface area (Å²) in [4.78, 5) is 0. The Morgan fingerprint density at radius 2 is 1.78 bits per heavy atom. The van der Waals surface area contributed by atoms with Crippen LogP contribution >= 0.6 is 11.6 Å². The van der Waals surface area contributed by atoms with E-state index in [0.717, 1.165) is 11.1 Å². The van der Waals surface area contributed by atoms with Crippen LogP contribution in [0.1, 0.15) is 24.1 Å². The lowest BCUT2D eigenvalue weighted by atomic mass is 10.1. The standard InChI is InChI=1S/C15H15ClFN/c1-10-3-8-14(17)15(9-10)18-11(2)12-4-6-13(16)7-5-12/h3-9,11,18H,1-2H3. The fourth-order valence-corrected chi connectivity index (χ4v) is 1.94. The molecule has 3 heteroatoms.